The molecule has 0 amide bonds. The summed E-state index contributed by atoms with van der Waals surface area (Å²) in [5, 5.41) is 13.0. The molecule has 0 saturated carbocycles. The van der Waals surface area contributed by atoms with Crippen molar-refractivity contribution in [1.29, 1.82) is 0 Å². The fraction of sp³-hybridized carbons (Fsp3) is 0.538. The first-order valence-corrected chi connectivity index (χ1v) is 7.16. The maximum Gasteiger partial charge on any atom is 0.129 e. The lowest BCUT2D eigenvalue weighted by Gasteiger charge is -2.15. The molecule has 96 valence electrons. The van der Waals surface area contributed by atoms with Gasteiger partial charge in [-0.25, -0.2) is 4.39 Å². The van der Waals surface area contributed by atoms with Gasteiger partial charge >= 0.3 is 0 Å². The van der Waals surface area contributed by atoms with Crippen LogP contribution >= 0.6 is 11.8 Å². The van der Waals surface area contributed by atoms with Crippen molar-refractivity contribution in [2.45, 2.75) is 13.0 Å². The Bertz CT molecular complexity index is 335. The standard InChI is InChI=1S/C13H20FNOS/c1-10(9-17-2)7-15-8-13(16)11-5-3-4-6-12(11)14/h3-6,10,13,15-16H,7-9H2,1-2H3. The lowest BCUT2D eigenvalue weighted by molar-refractivity contribution is 0.169. The highest BCUT2D eigenvalue weighted by Crippen LogP contribution is 2.15. The van der Waals surface area contributed by atoms with E-state index in [0.29, 0.717) is 18.0 Å². The molecule has 0 aromatic heterocycles. The van der Waals surface area contributed by atoms with Crippen molar-refractivity contribution < 1.29 is 9.50 Å². The molecule has 0 saturated heterocycles. The van der Waals surface area contributed by atoms with Crippen LogP contribution in [0.15, 0.2) is 24.3 Å². The van der Waals surface area contributed by atoms with Gasteiger partial charge < -0.3 is 10.4 Å². The van der Waals surface area contributed by atoms with E-state index < -0.39 is 6.10 Å². The predicted octanol–water partition coefficient (Wildman–Crippen LogP) is 2.45. The van der Waals surface area contributed by atoms with Crippen molar-refractivity contribution >= 4 is 11.8 Å². The molecule has 0 spiro atoms. The van der Waals surface area contributed by atoms with Crippen molar-refractivity contribution in [3.63, 3.8) is 0 Å². The molecule has 1 rings (SSSR count). The van der Waals surface area contributed by atoms with Gasteiger partial charge in [-0.05, 0) is 30.5 Å². The van der Waals surface area contributed by atoms with Gasteiger partial charge in [0.2, 0.25) is 0 Å². The van der Waals surface area contributed by atoms with E-state index in [1.165, 1.54) is 6.07 Å². The van der Waals surface area contributed by atoms with Gasteiger partial charge in [0.05, 0.1) is 6.10 Å². The lowest BCUT2D eigenvalue weighted by atomic mass is 10.1. The number of halogens is 1. The highest BCUT2D eigenvalue weighted by Gasteiger charge is 2.11. The quantitative estimate of drug-likeness (QED) is 0.787. The van der Waals surface area contributed by atoms with E-state index in [-0.39, 0.29) is 5.82 Å². The van der Waals surface area contributed by atoms with Gasteiger partial charge in [0.1, 0.15) is 5.82 Å². The van der Waals surface area contributed by atoms with E-state index in [2.05, 4.69) is 18.5 Å². The second-order valence-corrected chi connectivity index (χ2v) is 5.17. The lowest BCUT2D eigenvalue weighted by Crippen LogP contribution is -2.27. The molecule has 0 aliphatic carbocycles. The fourth-order valence-corrected chi connectivity index (χ4v) is 2.35. The molecule has 17 heavy (non-hydrogen) atoms. The first-order valence-electron chi connectivity index (χ1n) is 5.77. The van der Waals surface area contributed by atoms with Crippen LogP contribution in [0.1, 0.15) is 18.6 Å². The third-order valence-electron chi connectivity index (χ3n) is 2.55. The van der Waals surface area contributed by atoms with Crippen molar-refractivity contribution in [2.24, 2.45) is 5.92 Å². The molecule has 2 nitrogen and oxygen atoms in total. The predicted molar refractivity (Wildman–Crippen MR) is 71.8 cm³/mol. The number of aliphatic hydroxyl groups is 1. The summed E-state index contributed by atoms with van der Waals surface area (Å²) < 4.78 is 13.4. The Morgan fingerprint density at radius 1 is 1.35 bits per heavy atom. The summed E-state index contributed by atoms with van der Waals surface area (Å²) in [6, 6.07) is 6.35. The van der Waals surface area contributed by atoms with Crippen LogP contribution in [0, 0.1) is 11.7 Å². The molecular formula is C13H20FNOS. The van der Waals surface area contributed by atoms with E-state index in [4.69, 9.17) is 0 Å². The molecule has 2 unspecified atom stereocenters. The molecular weight excluding hydrogens is 237 g/mol. The average Bonchev–Trinajstić information content (AvgIpc) is 2.29. The summed E-state index contributed by atoms with van der Waals surface area (Å²) in [4.78, 5) is 0. The van der Waals surface area contributed by atoms with Crippen LogP contribution in [0.25, 0.3) is 0 Å². The summed E-state index contributed by atoms with van der Waals surface area (Å²) in [5.74, 6) is 1.29. The number of thioether (sulfide) groups is 1. The van der Waals surface area contributed by atoms with Gasteiger partial charge in [0, 0.05) is 12.1 Å². The van der Waals surface area contributed by atoms with E-state index >= 15 is 0 Å². The second kappa shape index (κ2) is 7.69. The summed E-state index contributed by atoms with van der Waals surface area (Å²) in [5.41, 5.74) is 0.359. The summed E-state index contributed by atoms with van der Waals surface area (Å²) >= 11 is 1.80. The Morgan fingerprint density at radius 2 is 2.06 bits per heavy atom. The Balaban J connectivity index is 2.35. The molecule has 1 aromatic rings. The Kier molecular flexibility index (Phi) is 6.55. The van der Waals surface area contributed by atoms with E-state index in [1.807, 2.05) is 0 Å². The van der Waals surface area contributed by atoms with Gasteiger partial charge in [0.15, 0.2) is 0 Å². The number of aliphatic hydroxyl groups excluding tert-OH is 1. The molecule has 0 heterocycles. The molecule has 4 heteroatoms. The Labute approximate surface area is 107 Å². The van der Waals surface area contributed by atoms with Crippen LogP contribution < -0.4 is 5.32 Å². The van der Waals surface area contributed by atoms with Crippen molar-refractivity contribution in [3.8, 4) is 0 Å². The maximum absolute atomic E-state index is 13.4. The minimum absolute atomic E-state index is 0.348. The number of hydrogen-bond acceptors (Lipinski definition) is 3. The van der Waals surface area contributed by atoms with E-state index in [1.54, 1.807) is 30.0 Å². The number of hydrogen-bond donors (Lipinski definition) is 2. The minimum Gasteiger partial charge on any atom is -0.387 e. The first kappa shape index (κ1) is 14.5. The normalized spacial score (nSPS) is 14.6. The van der Waals surface area contributed by atoms with E-state index in [0.717, 1.165) is 12.3 Å². The fourth-order valence-electron chi connectivity index (χ4n) is 1.67. The van der Waals surface area contributed by atoms with Crippen LogP contribution in [0.2, 0.25) is 0 Å². The molecule has 0 radical (unpaired) electrons. The minimum atomic E-state index is -0.780. The number of rotatable bonds is 7. The zero-order valence-corrected chi connectivity index (χ0v) is 11.1. The van der Waals surface area contributed by atoms with E-state index in [9.17, 15) is 9.50 Å². The van der Waals surface area contributed by atoms with Crippen LogP contribution in [0.5, 0.6) is 0 Å². The van der Waals surface area contributed by atoms with Gasteiger partial charge in [-0.2, -0.15) is 11.8 Å². The Morgan fingerprint density at radius 3 is 2.71 bits per heavy atom. The molecule has 0 aliphatic rings. The van der Waals surface area contributed by atoms with Crippen LogP contribution in [0.3, 0.4) is 0 Å². The average molecular weight is 257 g/mol. The number of nitrogens with one attached hydrogen (secondary N) is 1. The SMILES string of the molecule is CSCC(C)CNCC(O)c1ccccc1F. The number of benzene rings is 1. The van der Waals surface area contributed by atoms with Gasteiger partial charge in [-0.15, -0.1) is 0 Å². The zero-order valence-electron chi connectivity index (χ0n) is 10.3. The molecule has 0 bridgehead atoms. The van der Waals surface area contributed by atoms with Gasteiger partial charge in [-0.1, -0.05) is 25.1 Å². The highest BCUT2D eigenvalue weighted by molar-refractivity contribution is 7.98. The first-order chi connectivity index (χ1) is 8.15. The van der Waals surface area contributed by atoms with Crippen molar-refractivity contribution in [2.75, 3.05) is 25.1 Å². The van der Waals surface area contributed by atoms with Crippen LogP contribution in [-0.2, 0) is 0 Å². The summed E-state index contributed by atoms with van der Waals surface area (Å²) in [6.07, 6.45) is 1.29. The molecule has 2 atom stereocenters. The third-order valence-corrected chi connectivity index (χ3v) is 3.45. The molecule has 1 aromatic carbocycles. The van der Waals surface area contributed by atoms with Crippen LogP contribution in [-0.4, -0.2) is 30.2 Å². The topological polar surface area (TPSA) is 32.3 Å². The van der Waals surface area contributed by atoms with Crippen molar-refractivity contribution in [1.82, 2.24) is 5.32 Å². The summed E-state index contributed by atoms with van der Waals surface area (Å²) in [6.45, 7) is 3.38. The molecule has 2 N–H and O–H groups in total. The highest BCUT2D eigenvalue weighted by atomic mass is 32.2. The Hall–Kier alpha value is -0.580. The third kappa shape index (κ3) is 5.06. The van der Waals surface area contributed by atoms with Gasteiger partial charge in [-0.3, -0.25) is 0 Å². The molecule has 0 aliphatic heterocycles. The molecule has 0 fully saturated rings. The monoisotopic (exact) mass is 257 g/mol. The van der Waals surface area contributed by atoms with Crippen molar-refractivity contribution in [3.05, 3.63) is 35.6 Å². The smallest absolute Gasteiger partial charge is 0.129 e. The largest absolute Gasteiger partial charge is 0.387 e. The second-order valence-electron chi connectivity index (χ2n) is 4.26. The maximum atomic E-state index is 13.4. The van der Waals surface area contributed by atoms with Gasteiger partial charge in [0.25, 0.3) is 0 Å². The van der Waals surface area contributed by atoms with Crippen LogP contribution in [0.4, 0.5) is 4.39 Å². The zero-order chi connectivity index (χ0) is 12.7. The summed E-state index contributed by atoms with van der Waals surface area (Å²) in [7, 11) is 0.